The molecular weight excluding hydrogens is 404 g/mol. The van der Waals surface area contributed by atoms with Crippen molar-refractivity contribution in [3.8, 4) is 11.6 Å². The van der Waals surface area contributed by atoms with Gasteiger partial charge in [-0.05, 0) is 50.8 Å². The summed E-state index contributed by atoms with van der Waals surface area (Å²) in [6.07, 6.45) is 7.63. The third kappa shape index (κ3) is 4.34. The topological polar surface area (TPSA) is 89.2 Å². The second kappa shape index (κ2) is 9.11. The van der Waals surface area contributed by atoms with Crippen LogP contribution in [0.3, 0.4) is 0 Å². The molecule has 1 N–H and O–H groups in total. The molecule has 32 heavy (non-hydrogen) atoms. The molecule has 8 nitrogen and oxygen atoms in total. The van der Waals surface area contributed by atoms with Crippen molar-refractivity contribution in [2.75, 3.05) is 25.1 Å². The quantitative estimate of drug-likeness (QED) is 0.646. The third-order valence-corrected chi connectivity index (χ3v) is 6.75. The van der Waals surface area contributed by atoms with Gasteiger partial charge in [-0.15, -0.1) is 0 Å². The summed E-state index contributed by atoms with van der Waals surface area (Å²) < 4.78 is 11.4. The number of hydrogen-bond acceptors (Lipinski definition) is 8. The maximum absolute atomic E-state index is 5.95. The van der Waals surface area contributed by atoms with Crippen molar-refractivity contribution < 1.29 is 9.26 Å². The molecule has 8 heteroatoms. The van der Waals surface area contributed by atoms with Crippen LogP contribution in [0.25, 0.3) is 22.6 Å². The fourth-order valence-electron chi connectivity index (χ4n) is 5.02. The summed E-state index contributed by atoms with van der Waals surface area (Å²) in [6.45, 7) is 5.48. The van der Waals surface area contributed by atoms with Crippen LogP contribution in [-0.2, 0) is 4.74 Å². The number of nitrogens with zero attached hydrogens (tertiary/aromatic N) is 5. The lowest BCUT2D eigenvalue weighted by atomic mass is 9.92. The molecule has 5 rings (SSSR count). The van der Waals surface area contributed by atoms with E-state index in [0.717, 1.165) is 41.9 Å². The highest BCUT2D eigenvalue weighted by atomic mass is 16.5. The fraction of sp³-hybridized carbons (Fsp3) is 0.583. The van der Waals surface area contributed by atoms with E-state index in [1.807, 2.05) is 19.1 Å². The number of benzene rings is 1. The standard InChI is InChI=1S/C24H32N6O2/c1-15-9-10-18-20(13-15)27-22(24-25-16(2)29-32-24)23(28-18)30-12-11-19(21(14-30)31-3)26-17-7-5-4-6-8-17/h9-10,13,17,19,21,26H,4-8,11-12,14H2,1-3H3/t19-,21+/m1/s1. The summed E-state index contributed by atoms with van der Waals surface area (Å²) in [7, 11) is 1.81. The maximum atomic E-state index is 5.95. The molecule has 2 fully saturated rings. The normalized spacial score (nSPS) is 22.5. The van der Waals surface area contributed by atoms with Crippen molar-refractivity contribution in [3.63, 3.8) is 0 Å². The third-order valence-electron chi connectivity index (χ3n) is 6.75. The molecular formula is C24H32N6O2. The Kier molecular flexibility index (Phi) is 6.06. The summed E-state index contributed by atoms with van der Waals surface area (Å²) in [5.41, 5.74) is 3.47. The van der Waals surface area contributed by atoms with Crippen LogP contribution in [0.4, 0.5) is 5.82 Å². The van der Waals surface area contributed by atoms with Gasteiger partial charge in [-0.1, -0.05) is 30.5 Å². The van der Waals surface area contributed by atoms with Gasteiger partial charge in [0.1, 0.15) is 0 Å². The highest BCUT2D eigenvalue weighted by Gasteiger charge is 2.33. The van der Waals surface area contributed by atoms with Crippen molar-refractivity contribution >= 4 is 16.9 Å². The number of aryl methyl sites for hydroxylation is 2. The number of fused-ring (bicyclic) bond motifs is 1. The number of anilines is 1. The first-order valence-corrected chi connectivity index (χ1v) is 11.7. The largest absolute Gasteiger partial charge is 0.378 e. The van der Waals surface area contributed by atoms with E-state index in [1.165, 1.54) is 32.1 Å². The number of hydrogen-bond donors (Lipinski definition) is 1. The second-order valence-corrected chi connectivity index (χ2v) is 9.15. The van der Waals surface area contributed by atoms with Gasteiger partial charge in [0, 0.05) is 32.3 Å². The number of rotatable bonds is 5. The van der Waals surface area contributed by atoms with Crippen LogP contribution in [-0.4, -0.2) is 58.5 Å². The zero-order valence-corrected chi connectivity index (χ0v) is 19.2. The molecule has 3 aromatic rings. The second-order valence-electron chi connectivity index (χ2n) is 9.15. The minimum absolute atomic E-state index is 0.0819. The zero-order chi connectivity index (χ0) is 22.1. The van der Waals surface area contributed by atoms with Crippen LogP contribution < -0.4 is 10.2 Å². The molecule has 2 aliphatic rings. The van der Waals surface area contributed by atoms with Gasteiger partial charge in [-0.2, -0.15) is 4.98 Å². The van der Waals surface area contributed by atoms with E-state index >= 15 is 0 Å². The lowest BCUT2D eigenvalue weighted by Gasteiger charge is -2.41. The molecule has 2 aromatic heterocycles. The Morgan fingerprint density at radius 2 is 1.88 bits per heavy atom. The van der Waals surface area contributed by atoms with Gasteiger partial charge in [0.15, 0.2) is 17.3 Å². The molecule has 1 aromatic carbocycles. The fourth-order valence-corrected chi connectivity index (χ4v) is 5.02. The van der Waals surface area contributed by atoms with Gasteiger partial charge in [0.25, 0.3) is 5.89 Å². The van der Waals surface area contributed by atoms with Crippen molar-refractivity contribution in [1.29, 1.82) is 0 Å². The number of aromatic nitrogens is 4. The average molecular weight is 437 g/mol. The van der Waals surface area contributed by atoms with E-state index in [9.17, 15) is 0 Å². The Morgan fingerprint density at radius 3 is 2.62 bits per heavy atom. The van der Waals surface area contributed by atoms with E-state index < -0.39 is 0 Å². The maximum Gasteiger partial charge on any atom is 0.280 e. The lowest BCUT2D eigenvalue weighted by molar-refractivity contribution is 0.0534. The summed E-state index contributed by atoms with van der Waals surface area (Å²) in [5, 5.41) is 7.87. The molecule has 0 radical (unpaired) electrons. The molecule has 0 bridgehead atoms. The number of methoxy groups -OCH3 is 1. The molecule has 0 spiro atoms. The Labute approximate surface area is 188 Å². The van der Waals surface area contributed by atoms with E-state index in [-0.39, 0.29) is 6.10 Å². The minimum Gasteiger partial charge on any atom is -0.378 e. The average Bonchev–Trinajstić information content (AvgIpc) is 3.25. The molecule has 1 aliphatic heterocycles. The van der Waals surface area contributed by atoms with Gasteiger partial charge >= 0.3 is 0 Å². The van der Waals surface area contributed by atoms with Gasteiger partial charge in [-0.3, -0.25) is 0 Å². The van der Waals surface area contributed by atoms with E-state index in [4.69, 9.17) is 19.2 Å². The van der Waals surface area contributed by atoms with Crippen molar-refractivity contribution in [2.45, 2.75) is 70.6 Å². The Balaban J connectivity index is 1.45. The monoisotopic (exact) mass is 436 g/mol. The summed E-state index contributed by atoms with van der Waals surface area (Å²) >= 11 is 0. The first-order chi connectivity index (χ1) is 15.6. The Morgan fingerprint density at radius 1 is 1.03 bits per heavy atom. The highest BCUT2D eigenvalue weighted by molar-refractivity contribution is 5.82. The van der Waals surface area contributed by atoms with Crippen LogP contribution in [0.1, 0.15) is 49.9 Å². The van der Waals surface area contributed by atoms with E-state index in [1.54, 1.807) is 7.11 Å². The first-order valence-electron chi connectivity index (χ1n) is 11.7. The van der Waals surface area contributed by atoms with Crippen molar-refractivity contribution in [1.82, 2.24) is 25.4 Å². The van der Waals surface area contributed by atoms with Crippen LogP contribution >= 0.6 is 0 Å². The van der Waals surface area contributed by atoms with E-state index in [2.05, 4.69) is 33.3 Å². The van der Waals surface area contributed by atoms with Crippen molar-refractivity contribution in [3.05, 3.63) is 29.6 Å². The number of piperidine rings is 1. The van der Waals surface area contributed by atoms with Crippen LogP contribution in [0.2, 0.25) is 0 Å². The van der Waals surface area contributed by atoms with E-state index in [0.29, 0.717) is 29.5 Å². The molecule has 3 heterocycles. The van der Waals surface area contributed by atoms with Crippen LogP contribution in [0, 0.1) is 13.8 Å². The first kappa shape index (κ1) is 21.3. The van der Waals surface area contributed by atoms with Crippen LogP contribution in [0.15, 0.2) is 22.7 Å². The Bertz CT molecular complexity index is 1080. The number of nitrogens with one attached hydrogen (secondary N) is 1. The predicted octanol–water partition coefficient (Wildman–Crippen LogP) is 3.81. The molecule has 1 saturated carbocycles. The Hall–Kier alpha value is -2.58. The van der Waals surface area contributed by atoms with Crippen molar-refractivity contribution in [2.24, 2.45) is 0 Å². The van der Waals surface area contributed by atoms with Gasteiger partial charge in [0.2, 0.25) is 0 Å². The highest BCUT2D eigenvalue weighted by Crippen LogP contribution is 2.32. The zero-order valence-electron chi connectivity index (χ0n) is 19.2. The molecule has 170 valence electrons. The van der Waals surface area contributed by atoms with Gasteiger partial charge < -0.3 is 19.5 Å². The molecule has 0 unspecified atom stereocenters. The number of ether oxygens (including phenoxy) is 1. The molecule has 1 aliphatic carbocycles. The molecule has 0 amide bonds. The van der Waals surface area contributed by atoms with Gasteiger partial charge in [0.05, 0.1) is 17.1 Å². The summed E-state index contributed by atoms with van der Waals surface area (Å²) in [6, 6.07) is 7.09. The van der Waals surface area contributed by atoms with Gasteiger partial charge in [-0.25, -0.2) is 9.97 Å². The smallest absolute Gasteiger partial charge is 0.280 e. The van der Waals surface area contributed by atoms with Crippen LogP contribution in [0.5, 0.6) is 0 Å². The minimum atomic E-state index is 0.0819. The summed E-state index contributed by atoms with van der Waals surface area (Å²) in [4.78, 5) is 16.6. The molecule has 1 saturated heterocycles. The molecule has 2 atom stereocenters. The summed E-state index contributed by atoms with van der Waals surface area (Å²) in [5.74, 6) is 1.77. The lowest BCUT2D eigenvalue weighted by Crippen LogP contribution is -2.56. The predicted molar refractivity (Wildman–Crippen MR) is 124 cm³/mol. The SMILES string of the molecule is CO[C@H]1CN(c2nc3ccc(C)cc3nc2-c2nc(C)no2)CC[C@H]1NC1CCCCC1.